The van der Waals surface area contributed by atoms with Crippen LogP contribution in [-0.4, -0.2) is 39.3 Å². The van der Waals surface area contributed by atoms with E-state index in [1.165, 1.54) is 42.4 Å². The fourth-order valence-corrected chi connectivity index (χ4v) is 2.52. The monoisotopic (exact) mass is 456 g/mol. The van der Waals surface area contributed by atoms with E-state index in [9.17, 15) is 22.4 Å². The second-order valence-corrected chi connectivity index (χ2v) is 7.06. The molecule has 0 saturated heterocycles. The van der Waals surface area contributed by atoms with Gasteiger partial charge in [0.15, 0.2) is 5.82 Å². The Bertz CT molecular complexity index is 997. The number of aromatic nitrogens is 2. The molecule has 2 aromatic rings. The first-order valence-electron chi connectivity index (χ1n) is 9.00. The number of nitrogens with one attached hydrogen (secondary N) is 1. The highest BCUT2D eigenvalue weighted by Crippen LogP contribution is 2.29. The second-order valence-electron chi connectivity index (χ2n) is 6.47. The number of nitrogens with zero attached hydrogens (tertiary/aromatic N) is 3. The molecule has 0 aliphatic carbocycles. The minimum atomic E-state index is -4.44. The number of alkyl halides is 4. The van der Waals surface area contributed by atoms with Crippen molar-refractivity contribution >= 4 is 27.2 Å². The van der Waals surface area contributed by atoms with Crippen LogP contribution in [0.2, 0.25) is 0 Å². The Kier molecular flexibility index (Phi) is 8.65. The van der Waals surface area contributed by atoms with Gasteiger partial charge in [-0.3, -0.25) is 9.79 Å². The molecule has 0 spiro atoms. The van der Waals surface area contributed by atoms with Gasteiger partial charge in [-0.15, -0.1) is 0 Å². The molecule has 0 aliphatic rings. The maximum absolute atomic E-state index is 13.4. The molecule has 2 unspecified atom stereocenters. The summed E-state index contributed by atoms with van der Waals surface area (Å²) in [5.41, 5.74) is -0.0447. The molecule has 0 radical (unpaired) electrons. The molecule has 2 N–H and O–H groups in total. The van der Waals surface area contributed by atoms with Crippen LogP contribution in [-0.2, 0) is 17.5 Å². The van der Waals surface area contributed by atoms with Crippen molar-refractivity contribution in [1.82, 2.24) is 9.55 Å². The average Bonchev–Trinajstić information content (AvgIpc) is 3.13. The van der Waals surface area contributed by atoms with Crippen LogP contribution in [0.15, 0.2) is 65.2 Å². The Hall–Kier alpha value is -2.84. The van der Waals surface area contributed by atoms with Gasteiger partial charge in [0, 0.05) is 25.2 Å². The van der Waals surface area contributed by atoms with Crippen LogP contribution in [0.25, 0.3) is 0 Å². The van der Waals surface area contributed by atoms with Crippen molar-refractivity contribution in [2.75, 3.05) is 11.9 Å². The maximum Gasteiger partial charge on any atom is 0.416 e. The predicted molar refractivity (Wildman–Crippen MR) is 113 cm³/mol. The summed E-state index contributed by atoms with van der Waals surface area (Å²) in [6, 6.07) is 4.91. The second kappa shape index (κ2) is 11.0. The van der Waals surface area contributed by atoms with E-state index < -0.39 is 23.6 Å². The molecule has 6 nitrogen and oxygen atoms in total. The third-order valence-corrected chi connectivity index (χ3v) is 4.50. The van der Waals surface area contributed by atoms with E-state index >= 15 is 0 Å². The number of rotatable bonds is 8. The SMILES string of the molecule is C/C(=C\C(=C/N=CCO)C(=O)Nc1cn(Cc2cccc(C(F)(F)F)c2)cn1)C(F)P. The average molecular weight is 456 g/mol. The Morgan fingerprint density at radius 2 is 2.16 bits per heavy atom. The zero-order valence-corrected chi connectivity index (χ0v) is 17.6. The number of halogens is 4. The topological polar surface area (TPSA) is 79.5 Å². The van der Waals surface area contributed by atoms with Gasteiger partial charge in [-0.1, -0.05) is 21.4 Å². The number of amides is 1. The van der Waals surface area contributed by atoms with Crippen LogP contribution in [0.1, 0.15) is 18.1 Å². The highest BCUT2D eigenvalue weighted by molar-refractivity contribution is 7.17. The third kappa shape index (κ3) is 7.73. The van der Waals surface area contributed by atoms with Gasteiger partial charge in [0.25, 0.3) is 5.91 Å². The Labute approximate surface area is 178 Å². The number of aliphatic hydroxyl groups is 1. The van der Waals surface area contributed by atoms with Gasteiger partial charge in [-0.05, 0) is 36.3 Å². The zero-order chi connectivity index (χ0) is 23.0. The molecule has 31 heavy (non-hydrogen) atoms. The van der Waals surface area contributed by atoms with Gasteiger partial charge in [0.1, 0.15) is 5.91 Å². The number of imidazole rings is 1. The zero-order valence-electron chi connectivity index (χ0n) is 16.5. The van der Waals surface area contributed by atoms with Crippen molar-refractivity contribution in [2.24, 2.45) is 4.99 Å². The molecule has 1 aromatic heterocycles. The van der Waals surface area contributed by atoms with Crippen LogP contribution in [0.4, 0.5) is 23.4 Å². The van der Waals surface area contributed by atoms with E-state index in [0.717, 1.165) is 18.3 Å². The highest BCUT2D eigenvalue weighted by atomic mass is 31.0. The highest BCUT2D eigenvalue weighted by Gasteiger charge is 2.30. The first-order valence-corrected chi connectivity index (χ1v) is 9.66. The number of aliphatic imine (C=N–C) groups is 1. The fraction of sp³-hybridized carbons (Fsp3) is 0.250. The molecule has 1 aromatic carbocycles. The lowest BCUT2D eigenvalue weighted by Crippen LogP contribution is -2.14. The van der Waals surface area contributed by atoms with E-state index in [4.69, 9.17) is 5.11 Å². The number of allylic oxidation sites excluding steroid dienone is 1. The Morgan fingerprint density at radius 1 is 1.42 bits per heavy atom. The first-order chi connectivity index (χ1) is 14.6. The molecule has 0 aliphatic heterocycles. The summed E-state index contributed by atoms with van der Waals surface area (Å²) < 4.78 is 53.5. The third-order valence-electron chi connectivity index (χ3n) is 3.98. The summed E-state index contributed by atoms with van der Waals surface area (Å²) >= 11 is 0. The minimum Gasteiger partial charge on any atom is -0.391 e. The van der Waals surface area contributed by atoms with E-state index in [1.54, 1.807) is 6.07 Å². The van der Waals surface area contributed by atoms with Gasteiger partial charge in [0.05, 0.1) is 24.1 Å². The van der Waals surface area contributed by atoms with E-state index in [0.29, 0.717) is 5.56 Å². The lowest BCUT2D eigenvalue weighted by molar-refractivity contribution is -0.137. The number of carbonyl (C=O) groups excluding carboxylic acids is 1. The molecular weight excluding hydrogens is 435 g/mol. The van der Waals surface area contributed by atoms with Gasteiger partial charge in [-0.25, -0.2) is 9.37 Å². The first kappa shape index (κ1) is 24.4. The number of anilines is 1. The smallest absolute Gasteiger partial charge is 0.391 e. The van der Waals surface area contributed by atoms with E-state index in [2.05, 4.69) is 15.3 Å². The van der Waals surface area contributed by atoms with Gasteiger partial charge in [0.2, 0.25) is 0 Å². The standard InChI is InChI=1S/C20H21F4N4O2P/c1-13(18(21)31)7-15(9-25-5-6-29)19(30)27-17-11-28(12-26-17)10-14-3-2-4-16(8-14)20(22,23)24/h2-5,7-9,11-12,18,29H,6,10,31H2,1H3,(H,27,30)/b13-7+,15-9+,25-5?. The normalized spacial score (nSPS) is 14.2. The van der Waals surface area contributed by atoms with Crippen LogP contribution in [0.3, 0.4) is 0 Å². The summed E-state index contributed by atoms with van der Waals surface area (Å²) in [6.45, 7) is 1.29. The summed E-state index contributed by atoms with van der Waals surface area (Å²) in [6.07, 6.45) is 2.02. The molecule has 0 fully saturated rings. The lowest BCUT2D eigenvalue weighted by atomic mass is 10.1. The van der Waals surface area contributed by atoms with E-state index in [1.807, 2.05) is 9.24 Å². The summed E-state index contributed by atoms with van der Waals surface area (Å²) in [4.78, 5) is 20.3. The van der Waals surface area contributed by atoms with Crippen molar-refractivity contribution in [1.29, 1.82) is 0 Å². The van der Waals surface area contributed by atoms with Gasteiger partial charge in [-0.2, -0.15) is 13.2 Å². The number of carbonyl (C=O) groups is 1. The number of aliphatic hydroxyl groups excluding tert-OH is 1. The van der Waals surface area contributed by atoms with E-state index in [-0.39, 0.29) is 30.1 Å². The fourth-order valence-electron chi connectivity index (χ4n) is 2.42. The summed E-state index contributed by atoms with van der Waals surface area (Å²) in [7, 11) is 1.96. The Balaban J connectivity index is 2.15. The molecule has 166 valence electrons. The lowest BCUT2D eigenvalue weighted by Gasteiger charge is -2.09. The van der Waals surface area contributed by atoms with Crippen LogP contribution >= 0.6 is 9.24 Å². The molecule has 0 bridgehead atoms. The molecule has 1 heterocycles. The number of benzene rings is 1. The van der Waals surface area contributed by atoms with Gasteiger partial charge < -0.3 is 15.0 Å². The van der Waals surface area contributed by atoms with Crippen molar-refractivity contribution < 1.29 is 27.5 Å². The molecular formula is C20H21F4N4O2P. The largest absolute Gasteiger partial charge is 0.416 e. The number of hydrogen-bond acceptors (Lipinski definition) is 4. The molecule has 11 heteroatoms. The van der Waals surface area contributed by atoms with Gasteiger partial charge >= 0.3 is 6.18 Å². The van der Waals surface area contributed by atoms with Crippen molar-refractivity contribution in [3.8, 4) is 0 Å². The van der Waals surface area contributed by atoms with Crippen LogP contribution < -0.4 is 5.32 Å². The number of hydrogen-bond donors (Lipinski definition) is 2. The van der Waals surface area contributed by atoms with Crippen LogP contribution in [0.5, 0.6) is 0 Å². The Morgan fingerprint density at radius 3 is 2.81 bits per heavy atom. The summed E-state index contributed by atoms with van der Waals surface area (Å²) in [5.74, 6) is -1.82. The van der Waals surface area contributed by atoms with Crippen molar-refractivity contribution in [3.05, 3.63) is 71.3 Å². The molecule has 2 atom stereocenters. The predicted octanol–water partition coefficient (Wildman–Crippen LogP) is 3.95. The molecule has 1 amide bonds. The van der Waals surface area contributed by atoms with Crippen molar-refractivity contribution in [3.63, 3.8) is 0 Å². The minimum absolute atomic E-state index is 0.0275. The quantitative estimate of drug-likeness (QED) is 0.208. The molecule has 2 rings (SSSR count). The van der Waals surface area contributed by atoms with Crippen molar-refractivity contribution in [2.45, 2.75) is 25.6 Å². The maximum atomic E-state index is 13.4. The van der Waals surface area contributed by atoms with Crippen LogP contribution in [0, 0.1) is 0 Å². The molecule has 0 saturated carbocycles. The summed E-state index contributed by atoms with van der Waals surface area (Å²) in [5, 5.41) is 11.3.